The molecule has 3 rings (SSSR count). The number of amides is 2. The van der Waals surface area contributed by atoms with Crippen molar-refractivity contribution in [2.75, 3.05) is 26.2 Å². The molecule has 1 saturated heterocycles. The van der Waals surface area contributed by atoms with Crippen LogP contribution in [-0.4, -0.2) is 53.8 Å². The van der Waals surface area contributed by atoms with Crippen LogP contribution in [0.2, 0.25) is 0 Å². The van der Waals surface area contributed by atoms with E-state index in [0.717, 1.165) is 18.4 Å². The maximum absolute atomic E-state index is 12.9. The van der Waals surface area contributed by atoms with Gasteiger partial charge in [-0.25, -0.2) is 0 Å². The first-order valence-electron chi connectivity index (χ1n) is 10.4. The molecule has 0 spiro atoms. The summed E-state index contributed by atoms with van der Waals surface area (Å²) in [6.45, 7) is 3.83. The van der Waals surface area contributed by atoms with Gasteiger partial charge >= 0.3 is 5.97 Å². The highest BCUT2D eigenvalue weighted by molar-refractivity contribution is 5.94. The van der Waals surface area contributed by atoms with Gasteiger partial charge in [-0.2, -0.15) is 0 Å². The predicted molar refractivity (Wildman–Crippen MR) is 110 cm³/mol. The number of esters is 1. The van der Waals surface area contributed by atoms with E-state index >= 15 is 0 Å². The SMILES string of the molecule is CCOC(=O)C1CCCN(C(=O)CCN(Cc2ccccc2)C(=O)c2ccoc2)C1. The molecule has 2 aromatic rings. The van der Waals surface area contributed by atoms with E-state index < -0.39 is 0 Å². The molecule has 30 heavy (non-hydrogen) atoms. The number of hydrogen-bond donors (Lipinski definition) is 0. The summed E-state index contributed by atoms with van der Waals surface area (Å²) in [6.07, 6.45) is 4.59. The van der Waals surface area contributed by atoms with Gasteiger partial charge < -0.3 is 19.0 Å². The van der Waals surface area contributed by atoms with E-state index in [2.05, 4.69) is 0 Å². The van der Waals surface area contributed by atoms with E-state index in [4.69, 9.17) is 9.15 Å². The standard InChI is InChI=1S/C23H28N2O5/c1-2-30-23(28)19-9-6-12-24(16-19)21(26)10-13-25(15-18-7-4-3-5-8-18)22(27)20-11-14-29-17-20/h3-5,7-8,11,14,17,19H,2,6,9-10,12-13,15-16H2,1H3. The summed E-state index contributed by atoms with van der Waals surface area (Å²) in [5.74, 6) is -0.739. The Bertz CT molecular complexity index is 835. The highest BCUT2D eigenvalue weighted by Gasteiger charge is 2.29. The first-order chi connectivity index (χ1) is 14.6. The Balaban J connectivity index is 1.62. The predicted octanol–water partition coefficient (Wildman–Crippen LogP) is 3.11. The van der Waals surface area contributed by atoms with E-state index in [9.17, 15) is 14.4 Å². The van der Waals surface area contributed by atoms with E-state index in [-0.39, 0.29) is 36.7 Å². The molecule has 0 bridgehead atoms. The molecule has 0 aliphatic carbocycles. The van der Waals surface area contributed by atoms with Crippen LogP contribution >= 0.6 is 0 Å². The summed E-state index contributed by atoms with van der Waals surface area (Å²) in [4.78, 5) is 41.1. The van der Waals surface area contributed by atoms with Crippen LogP contribution in [0.3, 0.4) is 0 Å². The molecule has 0 saturated carbocycles. The van der Waals surface area contributed by atoms with Gasteiger partial charge in [0.05, 0.1) is 24.4 Å². The maximum Gasteiger partial charge on any atom is 0.310 e. The second-order valence-corrected chi connectivity index (χ2v) is 7.41. The Morgan fingerprint density at radius 1 is 1.20 bits per heavy atom. The molecule has 1 aromatic heterocycles. The largest absolute Gasteiger partial charge is 0.472 e. The van der Waals surface area contributed by atoms with E-state index in [1.165, 1.54) is 12.5 Å². The van der Waals surface area contributed by atoms with Crippen molar-refractivity contribution in [2.45, 2.75) is 32.7 Å². The lowest BCUT2D eigenvalue weighted by Crippen LogP contribution is -2.44. The molecule has 0 radical (unpaired) electrons. The molecule has 0 N–H and O–H groups in total. The van der Waals surface area contributed by atoms with Gasteiger partial charge in [0, 0.05) is 32.6 Å². The molecule has 7 nitrogen and oxygen atoms in total. The molecule has 2 amide bonds. The number of rotatable bonds is 8. The van der Waals surface area contributed by atoms with Gasteiger partial charge in [0.1, 0.15) is 6.26 Å². The second kappa shape index (κ2) is 10.6. The normalized spacial score (nSPS) is 16.2. The smallest absolute Gasteiger partial charge is 0.310 e. The molecule has 1 aromatic carbocycles. The molecule has 160 valence electrons. The number of carbonyl (C=O) groups excluding carboxylic acids is 3. The molecule has 1 aliphatic heterocycles. The molecular formula is C23H28N2O5. The van der Waals surface area contributed by atoms with Crippen LogP contribution in [0.5, 0.6) is 0 Å². The molecule has 2 heterocycles. The van der Waals surface area contributed by atoms with E-state index in [1.54, 1.807) is 22.8 Å². The van der Waals surface area contributed by atoms with Crippen molar-refractivity contribution in [2.24, 2.45) is 5.92 Å². The van der Waals surface area contributed by atoms with Gasteiger partial charge in [-0.05, 0) is 31.4 Å². The Kier molecular flexibility index (Phi) is 7.65. The minimum atomic E-state index is -0.268. The number of hydrogen-bond acceptors (Lipinski definition) is 5. The highest BCUT2D eigenvalue weighted by atomic mass is 16.5. The molecule has 1 atom stereocenters. The van der Waals surface area contributed by atoms with Crippen LogP contribution in [0.4, 0.5) is 0 Å². The van der Waals surface area contributed by atoms with Gasteiger partial charge in [-0.3, -0.25) is 14.4 Å². The van der Waals surface area contributed by atoms with Crippen molar-refractivity contribution >= 4 is 17.8 Å². The zero-order chi connectivity index (χ0) is 21.3. The Morgan fingerprint density at radius 3 is 2.70 bits per heavy atom. The van der Waals surface area contributed by atoms with E-state index in [1.807, 2.05) is 30.3 Å². The second-order valence-electron chi connectivity index (χ2n) is 7.41. The van der Waals surface area contributed by atoms with Crippen molar-refractivity contribution < 1.29 is 23.5 Å². The summed E-state index contributed by atoms with van der Waals surface area (Å²) >= 11 is 0. The van der Waals surface area contributed by atoms with Crippen LogP contribution in [0.1, 0.15) is 42.1 Å². The van der Waals surface area contributed by atoms with Gasteiger partial charge in [0.25, 0.3) is 5.91 Å². The fraction of sp³-hybridized carbons (Fsp3) is 0.435. The Hall–Kier alpha value is -3.09. The molecular weight excluding hydrogens is 384 g/mol. The average Bonchev–Trinajstić information content (AvgIpc) is 3.32. The fourth-order valence-electron chi connectivity index (χ4n) is 3.67. The van der Waals surface area contributed by atoms with Crippen molar-refractivity contribution in [1.82, 2.24) is 9.80 Å². The molecule has 7 heteroatoms. The first-order valence-corrected chi connectivity index (χ1v) is 10.4. The number of carbonyl (C=O) groups is 3. The molecule has 1 unspecified atom stereocenters. The summed E-state index contributed by atoms with van der Waals surface area (Å²) in [5, 5.41) is 0. The Labute approximate surface area is 176 Å². The first kappa shape index (κ1) is 21.6. The van der Waals surface area contributed by atoms with Crippen LogP contribution < -0.4 is 0 Å². The van der Waals surface area contributed by atoms with Crippen LogP contribution in [-0.2, 0) is 20.9 Å². The fourth-order valence-corrected chi connectivity index (χ4v) is 3.67. The number of furan rings is 1. The average molecular weight is 412 g/mol. The third-order valence-electron chi connectivity index (χ3n) is 5.26. The van der Waals surface area contributed by atoms with Crippen molar-refractivity contribution in [3.63, 3.8) is 0 Å². The monoisotopic (exact) mass is 412 g/mol. The quantitative estimate of drug-likeness (QED) is 0.623. The van der Waals surface area contributed by atoms with Crippen LogP contribution in [0, 0.1) is 5.92 Å². The van der Waals surface area contributed by atoms with E-state index in [0.29, 0.717) is 31.8 Å². The van der Waals surface area contributed by atoms with Gasteiger partial charge in [0.15, 0.2) is 0 Å². The number of likely N-dealkylation sites (tertiary alicyclic amines) is 1. The van der Waals surface area contributed by atoms with Crippen molar-refractivity contribution in [1.29, 1.82) is 0 Å². The summed E-state index contributed by atoms with van der Waals surface area (Å²) in [5.41, 5.74) is 1.45. The molecule has 1 aliphatic rings. The Morgan fingerprint density at radius 2 is 2.00 bits per heavy atom. The summed E-state index contributed by atoms with van der Waals surface area (Å²) in [7, 11) is 0. The van der Waals surface area contributed by atoms with Crippen molar-refractivity contribution in [3.05, 3.63) is 60.1 Å². The third-order valence-corrected chi connectivity index (χ3v) is 5.26. The lowest BCUT2D eigenvalue weighted by atomic mass is 9.98. The summed E-state index contributed by atoms with van der Waals surface area (Å²) in [6, 6.07) is 11.3. The number of piperidine rings is 1. The lowest BCUT2D eigenvalue weighted by molar-refractivity contribution is -0.151. The number of nitrogens with zero attached hydrogens (tertiary/aromatic N) is 2. The number of benzene rings is 1. The number of ether oxygens (including phenoxy) is 1. The minimum absolute atomic E-state index is 0.0537. The topological polar surface area (TPSA) is 80.1 Å². The van der Waals surface area contributed by atoms with Gasteiger partial charge in [-0.1, -0.05) is 30.3 Å². The maximum atomic E-state index is 12.9. The van der Waals surface area contributed by atoms with Crippen molar-refractivity contribution in [3.8, 4) is 0 Å². The van der Waals surface area contributed by atoms with Gasteiger partial charge in [0.2, 0.25) is 5.91 Å². The van der Waals surface area contributed by atoms with Crippen LogP contribution in [0.25, 0.3) is 0 Å². The highest BCUT2D eigenvalue weighted by Crippen LogP contribution is 2.19. The lowest BCUT2D eigenvalue weighted by Gasteiger charge is -2.32. The molecule has 1 fully saturated rings. The third kappa shape index (κ3) is 5.72. The summed E-state index contributed by atoms with van der Waals surface area (Å²) < 4.78 is 10.2. The zero-order valence-corrected chi connectivity index (χ0v) is 17.3. The van der Waals surface area contributed by atoms with Gasteiger partial charge in [-0.15, -0.1) is 0 Å². The minimum Gasteiger partial charge on any atom is -0.472 e. The zero-order valence-electron chi connectivity index (χ0n) is 17.3. The van der Waals surface area contributed by atoms with Crippen LogP contribution in [0.15, 0.2) is 53.3 Å².